The van der Waals surface area contributed by atoms with Gasteiger partial charge in [-0.2, -0.15) is 0 Å². The first-order valence-electron chi connectivity index (χ1n) is 5.23. The highest BCUT2D eigenvalue weighted by Gasteiger charge is 1.98. The Hall–Kier alpha value is -0.240. The van der Waals surface area contributed by atoms with E-state index in [9.17, 15) is 0 Å². The maximum Gasteiger partial charge on any atom is 0.0423 e. The van der Waals surface area contributed by atoms with Gasteiger partial charge in [-0.15, -0.1) is 0 Å². The average molecular weight is 246 g/mol. The topological polar surface area (TPSA) is 12.0 Å². The van der Waals surface area contributed by atoms with Crippen LogP contribution in [0.25, 0.3) is 0 Å². The molecule has 15 heavy (non-hydrogen) atoms. The lowest BCUT2D eigenvalue weighted by atomic mass is 10.1. The minimum absolute atomic E-state index is 0.688. The summed E-state index contributed by atoms with van der Waals surface area (Å²) < 4.78 is 0. The summed E-state index contributed by atoms with van der Waals surface area (Å²) >= 11 is 11.8. The molecule has 0 unspecified atom stereocenters. The van der Waals surface area contributed by atoms with E-state index in [-0.39, 0.29) is 0 Å². The molecule has 0 aromatic heterocycles. The summed E-state index contributed by atoms with van der Waals surface area (Å²) in [5.41, 5.74) is 1.18. The Labute approximate surface area is 102 Å². The average Bonchev–Trinajstić information content (AvgIpc) is 2.10. The van der Waals surface area contributed by atoms with Gasteiger partial charge in [0.1, 0.15) is 0 Å². The fraction of sp³-hybridized carbons (Fsp3) is 0.500. The van der Waals surface area contributed by atoms with Gasteiger partial charge in [0.05, 0.1) is 0 Å². The van der Waals surface area contributed by atoms with Crippen LogP contribution in [0.2, 0.25) is 10.0 Å². The van der Waals surface area contributed by atoms with E-state index in [0.717, 1.165) is 19.5 Å². The van der Waals surface area contributed by atoms with Crippen LogP contribution in [0, 0.1) is 5.92 Å². The number of nitrogens with one attached hydrogen (secondary N) is 1. The number of halogens is 2. The Balaban J connectivity index is 2.37. The van der Waals surface area contributed by atoms with Crippen LogP contribution < -0.4 is 5.32 Å². The van der Waals surface area contributed by atoms with Crippen LogP contribution in [0.4, 0.5) is 0 Å². The summed E-state index contributed by atoms with van der Waals surface area (Å²) in [6, 6.07) is 5.68. The van der Waals surface area contributed by atoms with Crippen molar-refractivity contribution in [2.75, 3.05) is 13.1 Å². The summed E-state index contributed by atoms with van der Waals surface area (Å²) in [6.45, 7) is 6.41. The molecule has 0 bridgehead atoms. The van der Waals surface area contributed by atoms with E-state index in [1.165, 1.54) is 5.56 Å². The Morgan fingerprint density at radius 1 is 1.13 bits per heavy atom. The van der Waals surface area contributed by atoms with E-state index in [1.54, 1.807) is 6.07 Å². The lowest BCUT2D eigenvalue weighted by Crippen LogP contribution is -2.22. The van der Waals surface area contributed by atoms with Crippen LogP contribution in [-0.4, -0.2) is 13.1 Å². The fourth-order valence-corrected chi connectivity index (χ4v) is 1.95. The zero-order chi connectivity index (χ0) is 11.3. The third-order valence-electron chi connectivity index (χ3n) is 2.07. The van der Waals surface area contributed by atoms with Gasteiger partial charge >= 0.3 is 0 Å². The minimum Gasteiger partial charge on any atom is -0.316 e. The molecule has 0 aliphatic heterocycles. The van der Waals surface area contributed by atoms with Crippen molar-refractivity contribution in [2.24, 2.45) is 5.92 Å². The van der Waals surface area contributed by atoms with E-state index in [1.807, 2.05) is 12.1 Å². The summed E-state index contributed by atoms with van der Waals surface area (Å²) in [5.74, 6) is 0.688. The third kappa shape index (κ3) is 5.41. The van der Waals surface area contributed by atoms with Gasteiger partial charge in [0.25, 0.3) is 0 Å². The second-order valence-corrected chi connectivity index (χ2v) is 5.00. The molecule has 0 radical (unpaired) electrons. The molecule has 84 valence electrons. The van der Waals surface area contributed by atoms with Gasteiger partial charge in [-0.3, -0.25) is 0 Å². The predicted octanol–water partition coefficient (Wildman–Crippen LogP) is 3.78. The summed E-state index contributed by atoms with van der Waals surface area (Å²) in [7, 11) is 0. The predicted molar refractivity (Wildman–Crippen MR) is 67.9 cm³/mol. The minimum atomic E-state index is 0.688. The molecule has 0 aliphatic carbocycles. The Morgan fingerprint density at radius 2 is 1.73 bits per heavy atom. The van der Waals surface area contributed by atoms with Crippen molar-refractivity contribution in [1.29, 1.82) is 0 Å². The smallest absolute Gasteiger partial charge is 0.0423 e. The lowest BCUT2D eigenvalue weighted by molar-refractivity contribution is 0.554. The molecule has 0 amide bonds. The monoisotopic (exact) mass is 245 g/mol. The Kier molecular flexibility index (Phi) is 5.44. The third-order valence-corrected chi connectivity index (χ3v) is 2.50. The molecule has 1 aromatic rings. The zero-order valence-electron chi connectivity index (χ0n) is 9.19. The normalized spacial score (nSPS) is 11.0. The fourth-order valence-electron chi connectivity index (χ4n) is 1.38. The number of benzene rings is 1. The van der Waals surface area contributed by atoms with Gasteiger partial charge in [0, 0.05) is 10.0 Å². The van der Waals surface area contributed by atoms with E-state index in [4.69, 9.17) is 23.2 Å². The zero-order valence-corrected chi connectivity index (χ0v) is 10.7. The van der Waals surface area contributed by atoms with Crippen molar-refractivity contribution in [3.8, 4) is 0 Å². The molecule has 1 nitrogen and oxygen atoms in total. The molecule has 0 atom stereocenters. The standard InChI is InChI=1S/C12H17Cl2N/c1-9(2)8-15-4-3-10-5-11(13)7-12(14)6-10/h5-7,9,15H,3-4,8H2,1-2H3. The van der Waals surface area contributed by atoms with E-state index >= 15 is 0 Å². The van der Waals surface area contributed by atoms with Crippen LogP contribution in [0.3, 0.4) is 0 Å². The molecule has 1 aromatic carbocycles. The Morgan fingerprint density at radius 3 is 2.27 bits per heavy atom. The molecular formula is C12H17Cl2N. The second-order valence-electron chi connectivity index (χ2n) is 4.13. The van der Waals surface area contributed by atoms with Crippen LogP contribution >= 0.6 is 23.2 Å². The number of hydrogen-bond acceptors (Lipinski definition) is 1. The largest absolute Gasteiger partial charge is 0.316 e. The van der Waals surface area contributed by atoms with Gasteiger partial charge in [-0.05, 0) is 49.2 Å². The van der Waals surface area contributed by atoms with Crippen molar-refractivity contribution in [3.63, 3.8) is 0 Å². The molecule has 0 fully saturated rings. The molecule has 0 aliphatic rings. The van der Waals surface area contributed by atoms with Gasteiger partial charge in [-0.25, -0.2) is 0 Å². The summed E-state index contributed by atoms with van der Waals surface area (Å²) in [5, 5.41) is 4.81. The van der Waals surface area contributed by atoms with Crippen molar-refractivity contribution in [3.05, 3.63) is 33.8 Å². The van der Waals surface area contributed by atoms with E-state index < -0.39 is 0 Å². The van der Waals surface area contributed by atoms with Crippen molar-refractivity contribution in [1.82, 2.24) is 5.32 Å². The van der Waals surface area contributed by atoms with Crippen molar-refractivity contribution < 1.29 is 0 Å². The van der Waals surface area contributed by atoms with Crippen LogP contribution in [0.1, 0.15) is 19.4 Å². The highest BCUT2D eigenvalue weighted by atomic mass is 35.5. The first-order valence-corrected chi connectivity index (χ1v) is 5.99. The highest BCUT2D eigenvalue weighted by molar-refractivity contribution is 6.34. The maximum atomic E-state index is 5.91. The Bertz CT molecular complexity index is 290. The molecule has 0 heterocycles. The maximum absolute atomic E-state index is 5.91. The second kappa shape index (κ2) is 6.37. The molecular weight excluding hydrogens is 229 g/mol. The molecule has 0 spiro atoms. The number of hydrogen-bond donors (Lipinski definition) is 1. The first-order chi connectivity index (χ1) is 7.08. The van der Waals surface area contributed by atoms with Crippen molar-refractivity contribution >= 4 is 23.2 Å². The van der Waals surface area contributed by atoms with Gasteiger partial charge in [-0.1, -0.05) is 37.0 Å². The van der Waals surface area contributed by atoms with E-state index in [0.29, 0.717) is 16.0 Å². The summed E-state index contributed by atoms with van der Waals surface area (Å²) in [6.07, 6.45) is 0.965. The molecule has 3 heteroatoms. The molecule has 0 saturated heterocycles. The van der Waals surface area contributed by atoms with Crippen LogP contribution in [0.5, 0.6) is 0 Å². The first kappa shape index (κ1) is 12.8. The number of rotatable bonds is 5. The summed E-state index contributed by atoms with van der Waals surface area (Å²) in [4.78, 5) is 0. The quantitative estimate of drug-likeness (QED) is 0.779. The molecule has 0 saturated carbocycles. The van der Waals surface area contributed by atoms with Gasteiger partial charge in [0.15, 0.2) is 0 Å². The lowest BCUT2D eigenvalue weighted by Gasteiger charge is -2.07. The van der Waals surface area contributed by atoms with Crippen molar-refractivity contribution in [2.45, 2.75) is 20.3 Å². The van der Waals surface area contributed by atoms with Crippen LogP contribution in [0.15, 0.2) is 18.2 Å². The van der Waals surface area contributed by atoms with Gasteiger partial charge in [0.2, 0.25) is 0 Å². The SMILES string of the molecule is CC(C)CNCCc1cc(Cl)cc(Cl)c1. The highest BCUT2D eigenvalue weighted by Crippen LogP contribution is 2.19. The van der Waals surface area contributed by atoms with Gasteiger partial charge < -0.3 is 5.32 Å². The molecule has 1 N–H and O–H groups in total. The van der Waals surface area contributed by atoms with Crippen LogP contribution in [-0.2, 0) is 6.42 Å². The van der Waals surface area contributed by atoms with E-state index in [2.05, 4.69) is 19.2 Å². The molecule has 1 rings (SSSR count).